The van der Waals surface area contributed by atoms with Crippen LogP contribution >= 0.6 is 34.5 Å². The maximum absolute atomic E-state index is 11.7. The largest absolute Gasteiger partial charge is 0.480 e. The standard InChI is InChI=1S/C23H25Cl2N3O2S/c1-14(2)10-20-21(16-8-9-17(24)18(25)11-16)28-23(31-20)27-13-19(22(29)30)26-12-15-6-4-3-5-7-15/h3-9,11,14,19,26H,10,12-13H2,1-2H3,(H,27,28)(H,29,30). The van der Waals surface area contributed by atoms with Crippen molar-refractivity contribution < 1.29 is 9.90 Å². The number of carbonyl (C=O) groups is 1. The van der Waals surface area contributed by atoms with Crippen LogP contribution in [0.4, 0.5) is 5.13 Å². The van der Waals surface area contributed by atoms with Crippen LogP contribution in [0.2, 0.25) is 10.0 Å². The number of aliphatic carboxylic acids is 1. The molecule has 0 aliphatic carbocycles. The summed E-state index contributed by atoms with van der Waals surface area (Å²) in [7, 11) is 0. The summed E-state index contributed by atoms with van der Waals surface area (Å²) in [5, 5.41) is 17.5. The van der Waals surface area contributed by atoms with E-state index in [-0.39, 0.29) is 6.54 Å². The van der Waals surface area contributed by atoms with Crippen molar-refractivity contribution in [2.45, 2.75) is 32.9 Å². The van der Waals surface area contributed by atoms with Gasteiger partial charge in [0.15, 0.2) is 5.13 Å². The summed E-state index contributed by atoms with van der Waals surface area (Å²) in [5.74, 6) is -0.457. The van der Waals surface area contributed by atoms with E-state index >= 15 is 0 Å². The number of carboxylic acids is 1. The van der Waals surface area contributed by atoms with Crippen molar-refractivity contribution in [3.63, 3.8) is 0 Å². The molecule has 3 aromatic rings. The first-order valence-electron chi connectivity index (χ1n) is 10.0. The van der Waals surface area contributed by atoms with E-state index in [9.17, 15) is 9.90 Å². The fraction of sp³-hybridized carbons (Fsp3) is 0.304. The maximum atomic E-state index is 11.7. The van der Waals surface area contributed by atoms with Gasteiger partial charge >= 0.3 is 5.97 Å². The molecule has 1 heterocycles. The van der Waals surface area contributed by atoms with Crippen molar-refractivity contribution in [1.82, 2.24) is 10.3 Å². The molecule has 2 aromatic carbocycles. The van der Waals surface area contributed by atoms with Crippen LogP contribution < -0.4 is 10.6 Å². The molecule has 0 fully saturated rings. The average molecular weight is 478 g/mol. The molecule has 31 heavy (non-hydrogen) atoms. The number of thiazole rings is 1. The third-order valence-corrected chi connectivity index (χ3v) is 6.41. The average Bonchev–Trinajstić information content (AvgIpc) is 3.12. The second-order valence-corrected chi connectivity index (χ2v) is 9.55. The van der Waals surface area contributed by atoms with Crippen LogP contribution in [0.15, 0.2) is 48.5 Å². The van der Waals surface area contributed by atoms with Gasteiger partial charge in [-0.3, -0.25) is 10.1 Å². The number of carboxylic acid groups (broad SMARTS) is 1. The second-order valence-electron chi connectivity index (χ2n) is 7.66. The third kappa shape index (κ3) is 6.68. The Bertz CT molecular complexity index is 1020. The van der Waals surface area contributed by atoms with Gasteiger partial charge in [-0.05, 0) is 30.0 Å². The molecule has 8 heteroatoms. The summed E-state index contributed by atoms with van der Waals surface area (Å²) in [5.41, 5.74) is 2.78. The fourth-order valence-corrected chi connectivity index (χ4v) is 4.58. The van der Waals surface area contributed by atoms with Crippen LogP contribution in [-0.4, -0.2) is 28.6 Å². The van der Waals surface area contributed by atoms with Gasteiger partial charge in [-0.15, -0.1) is 11.3 Å². The van der Waals surface area contributed by atoms with E-state index in [4.69, 9.17) is 28.2 Å². The lowest BCUT2D eigenvalue weighted by Gasteiger charge is -2.15. The Morgan fingerprint density at radius 3 is 2.52 bits per heavy atom. The Kier molecular flexibility index (Phi) is 8.32. The van der Waals surface area contributed by atoms with Gasteiger partial charge in [0, 0.05) is 23.5 Å². The van der Waals surface area contributed by atoms with Crippen LogP contribution in [0.3, 0.4) is 0 Å². The van der Waals surface area contributed by atoms with Crippen molar-refractivity contribution in [1.29, 1.82) is 0 Å². The van der Waals surface area contributed by atoms with Gasteiger partial charge in [0.05, 0.1) is 15.7 Å². The first kappa shape index (κ1) is 23.5. The molecule has 0 aliphatic rings. The number of rotatable bonds is 10. The molecule has 3 N–H and O–H groups in total. The number of nitrogens with zero attached hydrogens (tertiary/aromatic N) is 1. The van der Waals surface area contributed by atoms with Crippen LogP contribution in [0.5, 0.6) is 0 Å². The molecular formula is C23H25Cl2N3O2S. The minimum atomic E-state index is -0.910. The summed E-state index contributed by atoms with van der Waals surface area (Å²) < 4.78 is 0. The number of anilines is 1. The Labute approximate surface area is 196 Å². The molecule has 0 amide bonds. The maximum Gasteiger partial charge on any atom is 0.322 e. The van der Waals surface area contributed by atoms with Gasteiger partial charge in [0.2, 0.25) is 0 Å². The fourth-order valence-electron chi connectivity index (χ4n) is 3.08. The molecule has 0 bridgehead atoms. The molecule has 0 radical (unpaired) electrons. The summed E-state index contributed by atoms with van der Waals surface area (Å²) in [4.78, 5) is 17.6. The van der Waals surface area contributed by atoms with Crippen molar-refractivity contribution in [2.24, 2.45) is 5.92 Å². The highest BCUT2D eigenvalue weighted by molar-refractivity contribution is 7.16. The van der Waals surface area contributed by atoms with Gasteiger partial charge in [-0.2, -0.15) is 0 Å². The first-order valence-corrected chi connectivity index (χ1v) is 11.6. The normalized spacial score (nSPS) is 12.2. The second kappa shape index (κ2) is 11.0. The number of halogens is 2. The van der Waals surface area contributed by atoms with E-state index in [1.165, 1.54) is 0 Å². The highest BCUT2D eigenvalue weighted by atomic mass is 35.5. The van der Waals surface area contributed by atoms with Gasteiger partial charge in [0.25, 0.3) is 0 Å². The third-order valence-electron chi connectivity index (χ3n) is 4.63. The summed E-state index contributed by atoms with van der Waals surface area (Å²) in [6, 6.07) is 14.5. The van der Waals surface area contributed by atoms with E-state index < -0.39 is 12.0 Å². The molecule has 1 atom stereocenters. The monoisotopic (exact) mass is 477 g/mol. The smallest absolute Gasteiger partial charge is 0.322 e. The molecule has 1 unspecified atom stereocenters. The molecule has 5 nitrogen and oxygen atoms in total. The molecular weight excluding hydrogens is 453 g/mol. The van der Waals surface area contributed by atoms with Crippen LogP contribution in [0, 0.1) is 5.92 Å². The summed E-state index contributed by atoms with van der Waals surface area (Å²) >= 11 is 13.8. The van der Waals surface area contributed by atoms with E-state index in [1.54, 1.807) is 17.4 Å². The summed E-state index contributed by atoms with van der Waals surface area (Å²) in [6.07, 6.45) is 0.865. The zero-order valence-corrected chi connectivity index (χ0v) is 19.7. The number of aromatic nitrogens is 1. The lowest BCUT2D eigenvalue weighted by molar-refractivity contribution is -0.139. The Morgan fingerprint density at radius 2 is 1.87 bits per heavy atom. The number of benzene rings is 2. The Balaban J connectivity index is 1.74. The molecule has 0 saturated carbocycles. The van der Waals surface area contributed by atoms with Crippen molar-refractivity contribution in [3.05, 3.63) is 69.0 Å². The Morgan fingerprint density at radius 1 is 1.13 bits per heavy atom. The van der Waals surface area contributed by atoms with Crippen molar-refractivity contribution in [3.8, 4) is 11.3 Å². The predicted octanol–water partition coefficient (Wildman–Crippen LogP) is 5.97. The van der Waals surface area contributed by atoms with Crippen LogP contribution in [0.1, 0.15) is 24.3 Å². The zero-order chi connectivity index (χ0) is 22.4. The lowest BCUT2D eigenvalue weighted by Crippen LogP contribution is -2.41. The highest BCUT2D eigenvalue weighted by Crippen LogP contribution is 2.35. The van der Waals surface area contributed by atoms with E-state index in [1.807, 2.05) is 42.5 Å². The van der Waals surface area contributed by atoms with Gasteiger partial charge < -0.3 is 10.4 Å². The lowest BCUT2D eigenvalue weighted by atomic mass is 10.0. The zero-order valence-electron chi connectivity index (χ0n) is 17.4. The molecule has 0 spiro atoms. The number of hydrogen-bond donors (Lipinski definition) is 3. The minimum Gasteiger partial charge on any atom is -0.480 e. The molecule has 0 aliphatic heterocycles. The van der Waals surface area contributed by atoms with E-state index in [2.05, 4.69) is 24.5 Å². The summed E-state index contributed by atoms with van der Waals surface area (Å²) in [6.45, 7) is 5.00. The van der Waals surface area contributed by atoms with E-state index in [0.29, 0.717) is 27.6 Å². The minimum absolute atomic E-state index is 0.220. The molecule has 164 valence electrons. The molecule has 3 rings (SSSR count). The van der Waals surface area contributed by atoms with Gasteiger partial charge in [0.1, 0.15) is 6.04 Å². The first-order chi connectivity index (χ1) is 14.8. The van der Waals surface area contributed by atoms with Gasteiger partial charge in [-0.1, -0.05) is 73.4 Å². The predicted molar refractivity (Wildman–Crippen MR) is 129 cm³/mol. The van der Waals surface area contributed by atoms with Crippen LogP contribution in [-0.2, 0) is 17.8 Å². The number of nitrogens with one attached hydrogen (secondary N) is 2. The van der Waals surface area contributed by atoms with Gasteiger partial charge in [-0.25, -0.2) is 4.98 Å². The molecule has 0 saturated heterocycles. The SMILES string of the molecule is CC(C)Cc1sc(NCC(NCc2ccccc2)C(=O)O)nc1-c1ccc(Cl)c(Cl)c1. The highest BCUT2D eigenvalue weighted by Gasteiger charge is 2.19. The number of hydrogen-bond acceptors (Lipinski definition) is 5. The topological polar surface area (TPSA) is 74.2 Å². The van der Waals surface area contributed by atoms with Crippen molar-refractivity contribution >= 4 is 45.6 Å². The Hall–Kier alpha value is -2.12. The molecule has 1 aromatic heterocycles. The van der Waals surface area contributed by atoms with E-state index in [0.717, 1.165) is 28.1 Å². The van der Waals surface area contributed by atoms with Crippen molar-refractivity contribution in [2.75, 3.05) is 11.9 Å². The van der Waals surface area contributed by atoms with Crippen LogP contribution in [0.25, 0.3) is 11.3 Å². The quantitative estimate of drug-likeness (QED) is 0.335.